The highest BCUT2D eigenvalue weighted by molar-refractivity contribution is 5.70. The molecule has 0 aliphatic heterocycles. The minimum atomic E-state index is -1.17. The second-order valence-corrected chi connectivity index (χ2v) is 10.4. The molecule has 0 saturated carbocycles. The van der Waals surface area contributed by atoms with Crippen molar-refractivity contribution in [3.05, 3.63) is 35.1 Å². The Bertz CT molecular complexity index is 868. The van der Waals surface area contributed by atoms with Crippen LogP contribution in [-0.4, -0.2) is 99.8 Å². The van der Waals surface area contributed by atoms with Gasteiger partial charge in [0.1, 0.15) is 17.6 Å². The molecule has 11 nitrogen and oxygen atoms in total. The van der Waals surface area contributed by atoms with Crippen LogP contribution in [0.4, 0.5) is 9.18 Å². The topological polar surface area (TPSA) is 142 Å². The molecule has 12 heteroatoms. The van der Waals surface area contributed by atoms with Crippen LogP contribution in [-0.2, 0) is 35.0 Å². The van der Waals surface area contributed by atoms with Crippen LogP contribution in [0, 0.1) is 12.7 Å². The van der Waals surface area contributed by atoms with Gasteiger partial charge in [-0.05, 0) is 46.6 Å². The lowest BCUT2D eigenvalue weighted by Gasteiger charge is -2.31. The van der Waals surface area contributed by atoms with Crippen molar-refractivity contribution in [2.45, 2.75) is 71.4 Å². The first-order valence-corrected chi connectivity index (χ1v) is 13.6. The standard InChI is InChI=1S/C28H48FN3O8/c1-21-8-9-23(29)22(18-21)20-32(26(34)24(30)19-25(33)36-5)11-7-13-38-15-17-39-16-14-37-12-6-10-31-27(35)40-28(2,3)4/h8-9,18,24,26,34H,6-7,10-17,19-20,30H2,1-5H3,(H,31,35). The van der Waals surface area contributed by atoms with Gasteiger partial charge in [-0.15, -0.1) is 0 Å². The SMILES string of the molecule is COC(=O)CC(N)C(O)N(CCCOCCOCCOCCCNC(=O)OC(C)(C)C)Cc1cc(C)ccc1F. The molecule has 40 heavy (non-hydrogen) atoms. The summed E-state index contributed by atoms with van der Waals surface area (Å²) in [4.78, 5) is 24.8. The third-order valence-corrected chi connectivity index (χ3v) is 5.57. The zero-order valence-corrected chi connectivity index (χ0v) is 24.6. The van der Waals surface area contributed by atoms with Gasteiger partial charge in [-0.25, -0.2) is 9.18 Å². The molecule has 0 bridgehead atoms. The monoisotopic (exact) mass is 573 g/mol. The molecule has 1 aromatic rings. The number of carbonyl (C=O) groups excluding carboxylic acids is 2. The Morgan fingerprint density at radius 2 is 1.65 bits per heavy atom. The molecule has 230 valence electrons. The lowest BCUT2D eigenvalue weighted by Crippen LogP contribution is -2.49. The number of aliphatic hydroxyl groups excluding tert-OH is 1. The molecular formula is C28H48FN3O8. The predicted molar refractivity (Wildman–Crippen MR) is 148 cm³/mol. The van der Waals surface area contributed by atoms with E-state index >= 15 is 0 Å². The largest absolute Gasteiger partial charge is 0.469 e. The Kier molecular flexibility index (Phi) is 17.6. The molecule has 0 aliphatic rings. The molecule has 0 fully saturated rings. The van der Waals surface area contributed by atoms with E-state index in [0.29, 0.717) is 71.1 Å². The van der Waals surface area contributed by atoms with Crippen LogP contribution in [0.5, 0.6) is 0 Å². The number of carbonyl (C=O) groups is 2. The molecule has 0 saturated heterocycles. The van der Waals surface area contributed by atoms with Crippen molar-refractivity contribution in [2.24, 2.45) is 5.73 Å². The van der Waals surface area contributed by atoms with Crippen LogP contribution in [0.3, 0.4) is 0 Å². The number of halogens is 1. The quantitative estimate of drug-likeness (QED) is 0.121. The summed E-state index contributed by atoms with van der Waals surface area (Å²) in [6.07, 6.45) is -0.559. The van der Waals surface area contributed by atoms with Gasteiger partial charge in [0.2, 0.25) is 0 Å². The Balaban J connectivity index is 2.24. The number of aryl methyl sites for hydroxylation is 1. The number of amides is 1. The fraction of sp³-hybridized carbons (Fsp3) is 0.714. The van der Waals surface area contributed by atoms with Crippen LogP contribution in [0.1, 0.15) is 51.2 Å². The first kappa shape index (κ1) is 35.7. The van der Waals surface area contributed by atoms with Gasteiger partial charge in [0.05, 0.1) is 46.0 Å². The van der Waals surface area contributed by atoms with Crippen LogP contribution < -0.4 is 11.1 Å². The van der Waals surface area contributed by atoms with E-state index in [1.54, 1.807) is 17.0 Å². The molecule has 4 N–H and O–H groups in total. The van der Waals surface area contributed by atoms with E-state index < -0.39 is 29.9 Å². The number of methoxy groups -OCH3 is 1. The summed E-state index contributed by atoms with van der Waals surface area (Å²) >= 11 is 0. The fourth-order valence-electron chi connectivity index (χ4n) is 3.59. The molecule has 1 aromatic carbocycles. The maximum atomic E-state index is 14.4. The molecule has 0 heterocycles. The number of rotatable bonds is 20. The minimum absolute atomic E-state index is 0.129. The van der Waals surface area contributed by atoms with Gasteiger partial charge < -0.3 is 39.8 Å². The zero-order chi connectivity index (χ0) is 30.0. The van der Waals surface area contributed by atoms with Crippen molar-refractivity contribution < 1.29 is 42.8 Å². The number of benzene rings is 1. The minimum Gasteiger partial charge on any atom is -0.469 e. The maximum absolute atomic E-state index is 14.4. The van der Waals surface area contributed by atoms with Crippen LogP contribution in [0.25, 0.3) is 0 Å². The van der Waals surface area contributed by atoms with Gasteiger partial charge in [0.25, 0.3) is 0 Å². The summed E-state index contributed by atoms with van der Waals surface area (Å²) in [6, 6.07) is 3.90. The lowest BCUT2D eigenvalue weighted by molar-refractivity contribution is -0.142. The van der Waals surface area contributed by atoms with Crippen molar-refractivity contribution in [2.75, 3.05) is 59.8 Å². The lowest BCUT2D eigenvalue weighted by atomic mass is 10.1. The summed E-state index contributed by atoms with van der Waals surface area (Å²) in [5.41, 5.74) is 6.83. The zero-order valence-electron chi connectivity index (χ0n) is 24.6. The van der Waals surface area contributed by atoms with E-state index in [-0.39, 0.29) is 18.8 Å². The second kappa shape index (κ2) is 19.7. The molecule has 2 atom stereocenters. The molecule has 1 amide bonds. The number of hydrogen-bond acceptors (Lipinski definition) is 10. The number of nitrogens with one attached hydrogen (secondary N) is 1. The Morgan fingerprint density at radius 1 is 1.05 bits per heavy atom. The van der Waals surface area contributed by atoms with Gasteiger partial charge in [0, 0.05) is 38.4 Å². The Labute approximate surface area is 237 Å². The van der Waals surface area contributed by atoms with Crippen molar-refractivity contribution in [1.29, 1.82) is 0 Å². The predicted octanol–water partition coefficient (Wildman–Crippen LogP) is 2.50. The highest BCUT2D eigenvalue weighted by Crippen LogP contribution is 2.16. The van der Waals surface area contributed by atoms with Crippen molar-refractivity contribution >= 4 is 12.1 Å². The van der Waals surface area contributed by atoms with Gasteiger partial charge in [0.15, 0.2) is 0 Å². The van der Waals surface area contributed by atoms with E-state index in [2.05, 4.69) is 10.1 Å². The van der Waals surface area contributed by atoms with E-state index in [1.165, 1.54) is 13.2 Å². The average Bonchev–Trinajstić information content (AvgIpc) is 2.88. The van der Waals surface area contributed by atoms with E-state index in [9.17, 15) is 19.1 Å². The summed E-state index contributed by atoms with van der Waals surface area (Å²) < 4.78 is 40.7. The molecule has 0 radical (unpaired) electrons. The number of alkyl carbamates (subject to hydrolysis) is 1. The number of ether oxygens (including phenoxy) is 5. The number of nitrogens with two attached hydrogens (primary N) is 1. The van der Waals surface area contributed by atoms with Crippen molar-refractivity contribution in [3.63, 3.8) is 0 Å². The normalized spacial score (nSPS) is 13.2. The maximum Gasteiger partial charge on any atom is 0.407 e. The van der Waals surface area contributed by atoms with Gasteiger partial charge in [-0.1, -0.05) is 17.7 Å². The first-order valence-electron chi connectivity index (χ1n) is 13.6. The summed E-state index contributed by atoms with van der Waals surface area (Å²) in [6.45, 7) is 10.8. The third-order valence-electron chi connectivity index (χ3n) is 5.57. The molecule has 1 rings (SSSR count). The van der Waals surface area contributed by atoms with Gasteiger partial charge >= 0.3 is 12.1 Å². The highest BCUT2D eigenvalue weighted by atomic mass is 19.1. The first-order chi connectivity index (χ1) is 18.9. The van der Waals surface area contributed by atoms with Crippen LogP contribution >= 0.6 is 0 Å². The highest BCUT2D eigenvalue weighted by Gasteiger charge is 2.26. The molecular weight excluding hydrogens is 525 g/mol. The third kappa shape index (κ3) is 16.7. The number of esters is 1. The van der Waals surface area contributed by atoms with Gasteiger partial charge in [-0.3, -0.25) is 9.69 Å². The summed E-state index contributed by atoms with van der Waals surface area (Å²) in [7, 11) is 1.25. The summed E-state index contributed by atoms with van der Waals surface area (Å²) in [5, 5.41) is 13.4. The van der Waals surface area contributed by atoms with E-state index in [0.717, 1.165) is 5.56 Å². The Morgan fingerprint density at radius 3 is 2.25 bits per heavy atom. The van der Waals surface area contributed by atoms with Crippen LogP contribution in [0.2, 0.25) is 0 Å². The second-order valence-electron chi connectivity index (χ2n) is 10.4. The smallest absolute Gasteiger partial charge is 0.407 e. The van der Waals surface area contributed by atoms with E-state index in [1.807, 2.05) is 27.7 Å². The summed E-state index contributed by atoms with van der Waals surface area (Å²) in [5.74, 6) is -0.906. The number of hydrogen-bond donors (Lipinski definition) is 3. The van der Waals surface area contributed by atoms with Crippen molar-refractivity contribution in [1.82, 2.24) is 10.2 Å². The van der Waals surface area contributed by atoms with E-state index in [4.69, 9.17) is 24.7 Å². The molecule has 0 spiro atoms. The molecule has 2 unspecified atom stereocenters. The average molecular weight is 574 g/mol. The Hall–Kier alpha value is -2.35. The molecule has 0 aliphatic carbocycles. The number of aliphatic hydroxyl groups is 1. The van der Waals surface area contributed by atoms with Crippen LogP contribution in [0.15, 0.2) is 18.2 Å². The fourth-order valence-corrected chi connectivity index (χ4v) is 3.59. The van der Waals surface area contributed by atoms with Crippen molar-refractivity contribution in [3.8, 4) is 0 Å². The molecule has 0 aromatic heterocycles. The van der Waals surface area contributed by atoms with Gasteiger partial charge in [-0.2, -0.15) is 0 Å². The number of nitrogens with zero attached hydrogens (tertiary/aromatic N) is 1.